The van der Waals surface area contributed by atoms with Crippen molar-refractivity contribution in [2.24, 2.45) is 0 Å². The summed E-state index contributed by atoms with van der Waals surface area (Å²) in [6.45, 7) is 1.63. The molecule has 1 aromatic carbocycles. The maximum Gasteiger partial charge on any atom is 0.254 e. The summed E-state index contributed by atoms with van der Waals surface area (Å²) in [5.74, 6) is -0.594. The summed E-state index contributed by atoms with van der Waals surface area (Å²) >= 11 is 0. The van der Waals surface area contributed by atoms with Gasteiger partial charge in [-0.05, 0) is 12.1 Å². The Bertz CT molecular complexity index is 393. The van der Waals surface area contributed by atoms with Gasteiger partial charge in [0.2, 0.25) is 0 Å². The van der Waals surface area contributed by atoms with E-state index in [2.05, 4.69) is 0 Å². The van der Waals surface area contributed by atoms with E-state index in [0.717, 1.165) is 0 Å². The molecule has 1 rings (SSSR count). The summed E-state index contributed by atoms with van der Waals surface area (Å²) < 4.78 is 9.90. The summed E-state index contributed by atoms with van der Waals surface area (Å²) in [6, 6.07) is 3.80. The van der Waals surface area contributed by atoms with E-state index in [4.69, 9.17) is 9.47 Å². The smallest absolute Gasteiger partial charge is 0.254 e. The largest absolute Gasteiger partial charge is 0.508 e. The first-order valence-corrected chi connectivity index (χ1v) is 5.88. The zero-order valence-corrected chi connectivity index (χ0v) is 11.1. The van der Waals surface area contributed by atoms with Crippen LogP contribution < -0.4 is 0 Å². The van der Waals surface area contributed by atoms with E-state index < -0.39 is 0 Å². The Morgan fingerprint density at radius 2 is 1.53 bits per heavy atom. The summed E-state index contributed by atoms with van der Waals surface area (Å²) in [7, 11) is 3.11. The van der Waals surface area contributed by atoms with Gasteiger partial charge in [-0.1, -0.05) is 0 Å². The minimum absolute atomic E-state index is 0.151. The minimum atomic E-state index is -0.291. The number of phenolic OH excluding ortho intramolecular Hbond substituents is 2. The summed E-state index contributed by atoms with van der Waals surface area (Å²) in [5, 5.41) is 18.8. The van der Waals surface area contributed by atoms with Crippen molar-refractivity contribution < 1.29 is 24.5 Å². The lowest BCUT2D eigenvalue weighted by Gasteiger charge is -2.22. The summed E-state index contributed by atoms with van der Waals surface area (Å²) in [6.07, 6.45) is 0. The number of benzene rings is 1. The lowest BCUT2D eigenvalue weighted by atomic mass is 10.1. The fraction of sp³-hybridized carbons (Fsp3) is 0.462. The van der Waals surface area contributed by atoms with Crippen molar-refractivity contribution in [2.75, 3.05) is 40.5 Å². The molecule has 0 heterocycles. The molecule has 0 aliphatic heterocycles. The zero-order chi connectivity index (χ0) is 14.3. The Hall–Kier alpha value is -1.79. The lowest BCUT2D eigenvalue weighted by Crippen LogP contribution is -2.36. The molecule has 0 aliphatic carbocycles. The monoisotopic (exact) mass is 269 g/mol. The number of methoxy groups -OCH3 is 2. The van der Waals surface area contributed by atoms with Crippen molar-refractivity contribution >= 4 is 5.91 Å². The van der Waals surface area contributed by atoms with Crippen molar-refractivity contribution in [3.63, 3.8) is 0 Å². The number of hydrogen-bond acceptors (Lipinski definition) is 5. The molecule has 6 nitrogen and oxygen atoms in total. The number of phenols is 2. The topological polar surface area (TPSA) is 79.2 Å². The molecule has 1 amide bonds. The molecule has 6 heteroatoms. The average molecular weight is 269 g/mol. The van der Waals surface area contributed by atoms with Gasteiger partial charge in [0.1, 0.15) is 11.5 Å². The molecule has 1 aromatic rings. The number of hydrogen-bond donors (Lipinski definition) is 2. The van der Waals surface area contributed by atoms with Crippen molar-refractivity contribution in [2.45, 2.75) is 0 Å². The summed E-state index contributed by atoms with van der Waals surface area (Å²) in [4.78, 5) is 13.8. The second-order valence-corrected chi connectivity index (χ2v) is 4.02. The number of nitrogens with zero attached hydrogens (tertiary/aromatic N) is 1. The van der Waals surface area contributed by atoms with Gasteiger partial charge in [-0.25, -0.2) is 0 Å². The van der Waals surface area contributed by atoms with Gasteiger partial charge in [-0.15, -0.1) is 0 Å². The fourth-order valence-electron chi connectivity index (χ4n) is 1.62. The Balaban J connectivity index is 2.84. The van der Waals surface area contributed by atoms with E-state index in [1.165, 1.54) is 18.2 Å². The molecule has 0 bridgehead atoms. The van der Waals surface area contributed by atoms with Crippen molar-refractivity contribution in [3.05, 3.63) is 23.8 Å². The predicted molar refractivity (Wildman–Crippen MR) is 69.4 cm³/mol. The van der Waals surface area contributed by atoms with Crippen LogP contribution in [0.25, 0.3) is 0 Å². The van der Waals surface area contributed by atoms with Crippen LogP contribution in [0.5, 0.6) is 11.5 Å². The highest BCUT2D eigenvalue weighted by Crippen LogP contribution is 2.21. The highest BCUT2D eigenvalue weighted by molar-refractivity contribution is 5.95. The number of amides is 1. The SMILES string of the molecule is COCCN(CCOC)C(=O)c1cc(O)cc(O)c1. The maximum atomic E-state index is 12.3. The lowest BCUT2D eigenvalue weighted by molar-refractivity contribution is 0.0626. The second-order valence-electron chi connectivity index (χ2n) is 4.02. The van der Waals surface area contributed by atoms with Gasteiger partial charge in [-0.2, -0.15) is 0 Å². The van der Waals surface area contributed by atoms with E-state index in [1.807, 2.05) is 0 Å². The van der Waals surface area contributed by atoms with E-state index >= 15 is 0 Å². The van der Waals surface area contributed by atoms with Crippen LogP contribution in [0.3, 0.4) is 0 Å². The molecule has 0 saturated heterocycles. The van der Waals surface area contributed by atoms with Crippen LogP contribution in [0.4, 0.5) is 0 Å². The van der Waals surface area contributed by atoms with Gasteiger partial charge in [0.25, 0.3) is 5.91 Å². The highest BCUT2D eigenvalue weighted by atomic mass is 16.5. The van der Waals surface area contributed by atoms with Crippen LogP contribution in [0, 0.1) is 0 Å². The summed E-state index contributed by atoms with van der Waals surface area (Å²) in [5.41, 5.74) is 0.227. The number of carbonyl (C=O) groups is 1. The van der Waals surface area contributed by atoms with Crippen LogP contribution in [0.2, 0.25) is 0 Å². The third-order valence-electron chi connectivity index (χ3n) is 2.57. The van der Waals surface area contributed by atoms with Crippen LogP contribution in [0.15, 0.2) is 18.2 Å². The molecule has 0 atom stereocenters. The minimum Gasteiger partial charge on any atom is -0.508 e. The first-order chi connectivity index (χ1) is 9.08. The quantitative estimate of drug-likeness (QED) is 0.766. The molecule has 106 valence electrons. The number of ether oxygens (including phenoxy) is 2. The van der Waals surface area contributed by atoms with Crippen LogP contribution in [0.1, 0.15) is 10.4 Å². The standard InChI is InChI=1S/C13H19NO5/c1-18-5-3-14(4-6-19-2)13(17)10-7-11(15)9-12(16)8-10/h7-9,15-16H,3-6H2,1-2H3. The molecule has 2 N–H and O–H groups in total. The molecular formula is C13H19NO5. The number of rotatable bonds is 7. The van der Waals surface area contributed by atoms with E-state index in [1.54, 1.807) is 19.1 Å². The molecule has 0 aromatic heterocycles. The van der Waals surface area contributed by atoms with Gasteiger partial charge in [0, 0.05) is 38.9 Å². The van der Waals surface area contributed by atoms with Gasteiger partial charge in [0.15, 0.2) is 0 Å². The number of aromatic hydroxyl groups is 2. The normalized spacial score (nSPS) is 10.4. The zero-order valence-electron chi connectivity index (χ0n) is 11.1. The fourth-order valence-corrected chi connectivity index (χ4v) is 1.62. The predicted octanol–water partition coefficient (Wildman–Crippen LogP) is 0.833. The van der Waals surface area contributed by atoms with E-state index in [-0.39, 0.29) is 23.0 Å². The van der Waals surface area contributed by atoms with Gasteiger partial charge >= 0.3 is 0 Å². The molecule has 0 saturated carbocycles. The Kier molecular flexibility index (Phi) is 6.11. The maximum absolute atomic E-state index is 12.3. The van der Waals surface area contributed by atoms with Gasteiger partial charge in [0.05, 0.1) is 13.2 Å². The van der Waals surface area contributed by atoms with Crippen LogP contribution in [-0.4, -0.2) is 61.5 Å². The third-order valence-corrected chi connectivity index (χ3v) is 2.57. The van der Waals surface area contributed by atoms with Crippen molar-refractivity contribution in [1.82, 2.24) is 4.90 Å². The molecule has 0 radical (unpaired) electrons. The van der Waals surface area contributed by atoms with E-state index in [0.29, 0.717) is 26.3 Å². The molecule has 0 fully saturated rings. The molecule has 19 heavy (non-hydrogen) atoms. The van der Waals surface area contributed by atoms with Crippen molar-refractivity contribution in [1.29, 1.82) is 0 Å². The highest BCUT2D eigenvalue weighted by Gasteiger charge is 2.16. The Labute approximate surface area is 112 Å². The molecule has 0 spiro atoms. The first-order valence-electron chi connectivity index (χ1n) is 5.88. The molecular weight excluding hydrogens is 250 g/mol. The van der Waals surface area contributed by atoms with E-state index in [9.17, 15) is 15.0 Å². The Morgan fingerprint density at radius 1 is 1.05 bits per heavy atom. The molecule has 0 unspecified atom stereocenters. The third kappa shape index (κ3) is 4.76. The van der Waals surface area contributed by atoms with Crippen molar-refractivity contribution in [3.8, 4) is 11.5 Å². The van der Waals surface area contributed by atoms with Crippen LogP contribution in [-0.2, 0) is 9.47 Å². The average Bonchev–Trinajstić information content (AvgIpc) is 2.37. The van der Waals surface area contributed by atoms with Gasteiger partial charge < -0.3 is 24.6 Å². The first kappa shape index (κ1) is 15.3. The van der Waals surface area contributed by atoms with Gasteiger partial charge in [-0.3, -0.25) is 4.79 Å². The Morgan fingerprint density at radius 3 is 1.95 bits per heavy atom. The number of carbonyl (C=O) groups excluding carboxylic acids is 1. The molecule has 0 aliphatic rings. The van der Waals surface area contributed by atoms with Crippen LogP contribution >= 0.6 is 0 Å². The second kappa shape index (κ2) is 7.60.